The Hall–Kier alpha value is -1.10. The number of carbonyl (C=O) groups is 2. The van der Waals surface area contributed by atoms with Crippen LogP contribution in [-0.4, -0.2) is 58.0 Å². The molecule has 1 aliphatic heterocycles. The highest BCUT2D eigenvalue weighted by Gasteiger charge is 2.30. The largest absolute Gasteiger partial charge is 0.481 e. The van der Waals surface area contributed by atoms with Crippen molar-refractivity contribution >= 4 is 11.9 Å². The number of piperidine rings is 1. The average Bonchev–Trinajstić information content (AvgIpc) is 2.41. The molecule has 21 heavy (non-hydrogen) atoms. The van der Waals surface area contributed by atoms with Crippen LogP contribution in [0.3, 0.4) is 0 Å². The molecule has 0 bridgehead atoms. The molecular formula is C16H30N2O3. The van der Waals surface area contributed by atoms with Gasteiger partial charge in [0.15, 0.2) is 0 Å². The van der Waals surface area contributed by atoms with Gasteiger partial charge in [0.05, 0.1) is 13.0 Å². The molecule has 1 aliphatic rings. The van der Waals surface area contributed by atoms with Crippen LogP contribution in [0, 0.1) is 0 Å². The number of carboxylic acid groups (broad SMARTS) is 1. The van der Waals surface area contributed by atoms with Crippen molar-refractivity contribution in [1.82, 2.24) is 9.80 Å². The number of likely N-dealkylation sites (tertiary alicyclic amines) is 1. The fourth-order valence-electron chi connectivity index (χ4n) is 2.89. The van der Waals surface area contributed by atoms with Gasteiger partial charge in [-0.25, -0.2) is 0 Å². The van der Waals surface area contributed by atoms with Gasteiger partial charge in [-0.05, 0) is 46.5 Å². The van der Waals surface area contributed by atoms with Crippen LogP contribution in [0.4, 0.5) is 0 Å². The third-order valence-electron chi connectivity index (χ3n) is 4.29. The lowest BCUT2D eigenvalue weighted by Gasteiger charge is -2.40. The predicted octanol–water partition coefficient (Wildman–Crippen LogP) is 2.35. The smallest absolute Gasteiger partial charge is 0.304 e. The summed E-state index contributed by atoms with van der Waals surface area (Å²) in [6.45, 7) is 9.76. The van der Waals surface area contributed by atoms with Crippen molar-refractivity contribution in [1.29, 1.82) is 0 Å². The van der Waals surface area contributed by atoms with Gasteiger partial charge >= 0.3 is 5.97 Å². The molecule has 0 saturated carbocycles. The molecule has 1 N–H and O–H groups in total. The molecule has 0 aromatic heterocycles. The zero-order valence-corrected chi connectivity index (χ0v) is 13.9. The summed E-state index contributed by atoms with van der Waals surface area (Å²) in [6.07, 6.45) is 4.43. The number of aliphatic carboxylic acids is 1. The summed E-state index contributed by atoms with van der Waals surface area (Å²) >= 11 is 0. The minimum Gasteiger partial charge on any atom is -0.481 e. The van der Waals surface area contributed by atoms with Crippen molar-refractivity contribution < 1.29 is 14.7 Å². The number of rotatable bonds is 6. The Kier molecular flexibility index (Phi) is 6.65. The monoisotopic (exact) mass is 298 g/mol. The first-order chi connectivity index (χ1) is 9.75. The number of amides is 1. The summed E-state index contributed by atoms with van der Waals surface area (Å²) < 4.78 is 0. The molecule has 1 unspecified atom stereocenters. The maximum atomic E-state index is 12.6. The summed E-state index contributed by atoms with van der Waals surface area (Å²) in [4.78, 5) is 27.4. The first kappa shape index (κ1) is 18.0. The molecule has 0 radical (unpaired) electrons. The lowest BCUT2D eigenvalue weighted by molar-refractivity contribution is -0.141. The Labute approximate surface area is 128 Å². The van der Waals surface area contributed by atoms with E-state index in [2.05, 4.69) is 6.92 Å². The van der Waals surface area contributed by atoms with Crippen LogP contribution < -0.4 is 0 Å². The van der Waals surface area contributed by atoms with Crippen LogP contribution in [-0.2, 0) is 9.59 Å². The molecular weight excluding hydrogens is 268 g/mol. The Morgan fingerprint density at radius 1 is 1.29 bits per heavy atom. The van der Waals surface area contributed by atoms with Gasteiger partial charge in [0.2, 0.25) is 5.91 Å². The van der Waals surface area contributed by atoms with E-state index in [1.165, 1.54) is 6.42 Å². The highest BCUT2D eigenvalue weighted by molar-refractivity contribution is 5.79. The molecule has 0 aromatic carbocycles. The lowest BCUT2D eigenvalue weighted by atomic mass is 9.99. The maximum absolute atomic E-state index is 12.6. The van der Waals surface area contributed by atoms with Gasteiger partial charge in [0, 0.05) is 24.7 Å². The minimum atomic E-state index is -0.818. The van der Waals surface area contributed by atoms with Crippen LogP contribution >= 0.6 is 0 Å². The Morgan fingerprint density at radius 2 is 1.95 bits per heavy atom. The number of hydrogen-bond acceptors (Lipinski definition) is 3. The third kappa shape index (κ3) is 5.65. The minimum absolute atomic E-state index is 0.0712. The molecule has 0 spiro atoms. The van der Waals surface area contributed by atoms with Crippen molar-refractivity contribution in [2.75, 3.05) is 19.6 Å². The summed E-state index contributed by atoms with van der Waals surface area (Å²) in [5.41, 5.74) is -0.206. The van der Waals surface area contributed by atoms with Crippen molar-refractivity contribution in [2.24, 2.45) is 0 Å². The van der Waals surface area contributed by atoms with Crippen LogP contribution in [0.5, 0.6) is 0 Å². The van der Waals surface area contributed by atoms with Gasteiger partial charge in [-0.2, -0.15) is 0 Å². The van der Waals surface area contributed by atoms with Crippen LogP contribution in [0.25, 0.3) is 0 Å². The quantitative estimate of drug-likeness (QED) is 0.817. The van der Waals surface area contributed by atoms with E-state index < -0.39 is 5.97 Å². The van der Waals surface area contributed by atoms with E-state index in [0.29, 0.717) is 19.1 Å². The Bertz CT molecular complexity index is 363. The van der Waals surface area contributed by atoms with E-state index in [0.717, 1.165) is 25.8 Å². The molecule has 5 nitrogen and oxygen atoms in total. The number of nitrogens with zero attached hydrogens (tertiary/aromatic N) is 2. The highest BCUT2D eigenvalue weighted by atomic mass is 16.4. The van der Waals surface area contributed by atoms with Gasteiger partial charge < -0.3 is 10.0 Å². The zero-order valence-electron chi connectivity index (χ0n) is 13.9. The van der Waals surface area contributed by atoms with E-state index in [9.17, 15) is 9.59 Å². The topological polar surface area (TPSA) is 60.9 Å². The summed E-state index contributed by atoms with van der Waals surface area (Å²) in [5.74, 6) is -0.678. The van der Waals surface area contributed by atoms with Crippen LogP contribution in [0.15, 0.2) is 0 Å². The molecule has 5 heteroatoms. The lowest BCUT2D eigenvalue weighted by Crippen LogP contribution is -2.52. The third-order valence-corrected chi connectivity index (χ3v) is 4.29. The molecule has 1 amide bonds. The second-order valence-corrected chi connectivity index (χ2v) is 6.88. The molecule has 1 rings (SSSR count). The standard InChI is InChI=1S/C16H30N2O3/c1-5-13-8-6-7-10-18(13)14(19)12-17(16(2,3)4)11-9-15(20)21/h13H,5-12H2,1-4H3,(H,20,21). The fraction of sp³-hybridized carbons (Fsp3) is 0.875. The molecule has 1 atom stereocenters. The molecule has 0 aliphatic carbocycles. The summed E-state index contributed by atoms with van der Waals surface area (Å²) in [5, 5.41) is 8.87. The van der Waals surface area contributed by atoms with Gasteiger partial charge in [-0.1, -0.05) is 6.92 Å². The van der Waals surface area contributed by atoms with Crippen LogP contribution in [0.1, 0.15) is 59.8 Å². The second kappa shape index (κ2) is 7.78. The van der Waals surface area contributed by atoms with Gasteiger partial charge in [0.25, 0.3) is 0 Å². The fourth-order valence-corrected chi connectivity index (χ4v) is 2.89. The van der Waals surface area contributed by atoms with E-state index >= 15 is 0 Å². The van der Waals surface area contributed by atoms with Gasteiger partial charge in [-0.15, -0.1) is 0 Å². The highest BCUT2D eigenvalue weighted by Crippen LogP contribution is 2.21. The van der Waals surface area contributed by atoms with Crippen LogP contribution in [0.2, 0.25) is 0 Å². The van der Waals surface area contributed by atoms with Gasteiger partial charge in [0.1, 0.15) is 0 Å². The molecule has 0 aromatic rings. The van der Waals surface area contributed by atoms with Gasteiger partial charge in [-0.3, -0.25) is 14.5 Å². The van der Waals surface area contributed by atoms with Crippen molar-refractivity contribution in [2.45, 2.75) is 71.4 Å². The second-order valence-electron chi connectivity index (χ2n) is 6.88. The van der Waals surface area contributed by atoms with Crippen molar-refractivity contribution in [3.05, 3.63) is 0 Å². The molecule has 122 valence electrons. The summed E-state index contributed by atoms with van der Waals surface area (Å²) in [7, 11) is 0. The number of carbonyl (C=O) groups excluding carboxylic acids is 1. The normalized spacial score (nSPS) is 19.9. The van der Waals surface area contributed by atoms with E-state index in [-0.39, 0.29) is 17.9 Å². The first-order valence-corrected chi connectivity index (χ1v) is 8.02. The SMILES string of the molecule is CCC1CCCCN1C(=O)CN(CCC(=O)O)C(C)(C)C. The zero-order chi connectivity index (χ0) is 16.0. The van der Waals surface area contributed by atoms with E-state index in [1.54, 1.807) is 0 Å². The molecule has 1 saturated heterocycles. The van der Waals surface area contributed by atoms with Crippen molar-refractivity contribution in [3.63, 3.8) is 0 Å². The summed E-state index contributed by atoms with van der Waals surface area (Å²) in [6, 6.07) is 0.354. The van der Waals surface area contributed by atoms with Crippen molar-refractivity contribution in [3.8, 4) is 0 Å². The Morgan fingerprint density at radius 3 is 2.48 bits per heavy atom. The Balaban J connectivity index is 2.68. The number of hydrogen-bond donors (Lipinski definition) is 1. The predicted molar refractivity (Wildman–Crippen MR) is 83.2 cm³/mol. The van der Waals surface area contributed by atoms with E-state index in [1.807, 2.05) is 30.6 Å². The first-order valence-electron chi connectivity index (χ1n) is 8.02. The molecule has 1 fully saturated rings. The average molecular weight is 298 g/mol. The van der Waals surface area contributed by atoms with E-state index in [4.69, 9.17) is 5.11 Å². The maximum Gasteiger partial charge on any atom is 0.304 e. The molecule has 1 heterocycles. The number of carboxylic acids is 1.